The van der Waals surface area contributed by atoms with Crippen LogP contribution in [0.4, 0.5) is 0 Å². The minimum Gasteiger partial charge on any atom is -0.494 e. The third-order valence-electron chi connectivity index (χ3n) is 5.02. The van der Waals surface area contributed by atoms with Crippen molar-refractivity contribution in [3.63, 3.8) is 0 Å². The number of hydrogen-bond donors (Lipinski definition) is 0. The van der Waals surface area contributed by atoms with E-state index in [1.807, 2.05) is 27.7 Å². The molecule has 0 aliphatic carbocycles. The molecule has 0 bridgehead atoms. The largest absolute Gasteiger partial charge is 0.636 e. The normalized spacial score (nSPS) is 22.9. The second-order valence-corrected chi connectivity index (χ2v) is 8.33. The first-order valence-electron chi connectivity index (χ1n) is 8.70. The van der Waals surface area contributed by atoms with Crippen LogP contribution < -0.4 is 10.9 Å². The van der Waals surface area contributed by atoms with Gasteiger partial charge in [0, 0.05) is 10.5 Å². The average Bonchev–Trinajstić information content (AvgIpc) is 2.72. The number of carbonyl (C=O) groups is 2. The molecule has 0 saturated carbocycles. The van der Waals surface area contributed by atoms with Gasteiger partial charge in [0.05, 0.1) is 24.3 Å². The maximum Gasteiger partial charge on any atom is 0.636 e. The van der Waals surface area contributed by atoms with Crippen molar-refractivity contribution in [3.05, 3.63) is 23.2 Å². The number of benzene rings is 1. The highest BCUT2D eigenvalue weighted by molar-refractivity contribution is 6.67. The molecule has 0 aromatic heterocycles. The van der Waals surface area contributed by atoms with E-state index in [9.17, 15) is 9.59 Å². The first-order chi connectivity index (χ1) is 12.5. The van der Waals surface area contributed by atoms with Crippen molar-refractivity contribution in [2.24, 2.45) is 0 Å². The number of carbonyl (C=O) groups excluding carboxylic acids is 2. The lowest BCUT2D eigenvalue weighted by Gasteiger charge is -2.32. The molecule has 2 aliphatic heterocycles. The van der Waals surface area contributed by atoms with Gasteiger partial charge in [-0.1, -0.05) is 17.7 Å². The third kappa shape index (κ3) is 4.32. The summed E-state index contributed by atoms with van der Waals surface area (Å²) in [4.78, 5) is 25.5. The lowest BCUT2D eigenvalue weighted by atomic mass is 9.71. The highest BCUT2D eigenvalue weighted by Crippen LogP contribution is 2.36. The molecule has 0 amide bonds. The van der Waals surface area contributed by atoms with Crippen molar-refractivity contribution in [2.45, 2.75) is 38.9 Å². The van der Waals surface area contributed by atoms with Crippen LogP contribution in [-0.2, 0) is 28.2 Å². The number of nitrogens with zero attached hydrogens (tertiary/aromatic N) is 1. The van der Waals surface area contributed by atoms with E-state index in [1.54, 1.807) is 25.2 Å². The highest BCUT2D eigenvalue weighted by Gasteiger charge is 2.52. The summed E-state index contributed by atoms with van der Waals surface area (Å²) in [6.45, 7) is 7.80. The van der Waals surface area contributed by atoms with Crippen molar-refractivity contribution in [3.8, 4) is 0 Å². The van der Waals surface area contributed by atoms with E-state index < -0.39 is 37.4 Å². The molecule has 2 heterocycles. The molecule has 27 heavy (non-hydrogen) atoms. The fourth-order valence-electron chi connectivity index (χ4n) is 2.86. The predicted octanol–water partition coefficient (Wildman–Crippen LogP) is 0.366. The Balaban J connectivity index is 1.89. The van der Waals surface area contributed by atoms with Gasteiger partial charge in [0.15, 0.2) is 0 Å². The quantitative estimate of drug-likeness (QED) is 0.672. The van der Waals surface area contributed by atoms with Gasteiger partial charge in [-0.25, -0.2) is 0 Å². The maximum atomic E-state index is 12.0. The second kappa shape index (κ2) is 7.13. The first-order valence-corrected chi connectivity index (χ1v) is 9.08. The van der Waals surface area contributed by atoms with Crippen molar-refractivity contribution in [1.29, 1.82) is 0 Å². The smallest absolute Gasteiger partial charge is 0.494 e. The van der Waals surface area contributed by atoms with E-state index in [4.69, 9.17) is 30.2 Å². The first kappa shape index (κ1) is 20.2. The van der Waals surface area contributed by atoms with E-state index in [1.165, 1.54) is 4.90 Å². The monoisotopic (exact) mass is 393 g/mol. The minimum absolute atomic E-state index is 0.00372. The van der Waals surface area contributed by atoms with Gasteiger partial charge in [-0.05, 0) is 52.3 Å². The standard InChI is InChI=1S/C17H22B2ClNO6/c1-16(2)17(3,4)27-19(26-16)12-6-11(7-13(20)8-12)18-24-14(22)9-21(5)10-15(23)25-18/h6-8H,9-10H2,1-5H3. The van der Waals surface area contributed by atoms with Crippen molar-refractivity contribution in [2.75, 3.05) is 20.1 Å². The molecule has 2 aliphatic rings. The summed E-state index contributed by atoms with van der Waals surface area (Å²) in [6.07, 6.45) is 0. The van der Waals surface area contributed by atoms with Crippen molar-refractivity contribution < 1.29 is 28.2 Å². The summed E-state index contributed by atoms with van der Waals surface area (Å²) in [6, 6.07) is 5.02. The van der Waals surface area contributed by atoms with Crippen LogP contribution >= 0.6 is 11.6 Å². The summed E-state index contributed by atoms with van der Waals surface area (Å²) < 4.78 is 22.7. The molecular weight excluding hydrogens is 371 g/mol. The van der Waals surface area contributed by atoms with Gasteiger partial charge in [0.2, 0.25) is 0 Å². The minimum atomic E-state index is -1.17. The fourth-order valence-corrected chi connectivity index (χ4v) is 3.11. The summed E-state index contributed by atoms with van der Waals surface area (Å²) >= 11 is 6.26. The summed E-state index contributed by atoms with van der Waals surface area (Å²) in [5.41, 5.74) is 0.0780. The summed E-state index contributed by atoms with van der Waals surface area (Å²) in [5.74, 6) is -0.987. The molecule has 7 nitrogen and oxygen atoms in total. The third-order valence-corrected chi connectivity index (χ3v) is 5.23. The Morgan fingerprint density at radius 2 is 1.33 bits per heavy atom. The molecule has 2 fully saturated rings. The Bertz CT molecular complexity index is 736. The van der Waals surface area contributed by atoms with Crippen LogP contribution in [0.5, 0.6) is 0 Å². The predicted molar refractivity (Wildman–Crippen MR) is 102 cm³/mol. The van der Waals surface area contributed by atoms with Crippen LogP contribution in [0.15, 0.2) is 18.2 Å². The molecule has 1 aromatic carbocycles. The lowest BCUT2D eigenvalue weighted by molar-refractivity contribution is -0.145. The molecule has 0 N–H and O–H groups in total. The van der Waals surface area contributed by atoms with Gasteiger partial charge in [-0.2, -0.15) is 0 Å². The number of hydrogen-bond acceptors (Lipinski definition) is 7. The number of likely N-dealkylation sites (N-methyl/N-ethyl adjacent to an activating group) is 1. The molecule has 2 saturated heterocycles. The molecule has 0 atom stereocenters. The molecule has 144 valence electrons. The van der Waals surface area contributed by atoms with Crippen LogP contribution in [0.2, 0.25) is 5.02 Å². The topological polar surface area (TPSA) is 74.3 Å². The van der Waals surface area contributed by atoms with Crippen LogP contribution in [0.3, 0.4) is 0 Å². The van der Waals surface area contributed by atoms with E-state index in [2.05, 4.69) is 0 Å². The van der Waals surface area contributed by atoms with E-state index >= 15 is 0 Å². The van der Waals surface area contributed by atoms with Crippen molar-refractivity contribution in [1.82, 2.24) is 4.90 Å². The van der Waals surface area contributed by atoms with E-state index in [-0.39, 0.29) is 13.1 Å². The molecule has 1 aromatic rings. The average molecular weight is 393 g/mol. The molecule has 0 spiro atoms. The molecule has 3 rings (SSSR count). The zero-order valence-electron chi connectivity index (χ0n) is 16.1. The van der Waals surface area contributed by atoms with Gasteiger partial charge in [0.1, 0.15) is 0 Å². The molecule has 10 heteroatoms. The fraction of sp³-hybridized carbons (Fsp3) is 0.529. The van der Waals surface area contributed by atoms with E-state index in [0.29, 0.717) is 15.9 Å². The zero-order valence-corrected chi connectivity index (χ0v) is 16.8. The van der Waals surface area contributed by atoms with Crippen LogP contribution in [0.25, 0.3) is 0 Å². The number of halogens is 1. The lowest BCUT2D eigenvalue weighted by Crippen LogP contribution is -2.49. The van der Waals surface area contributed by atoms with Crippen LogP contribution in [0.1, 0.15) is 27.7 Å². The molecule has 0 unspecified atom stereocenters. The molecular formula is C17H22B2ClNO6. The second-order valence-electron chi connectivity index (χ2n) is 7.89. The summed E-state index contributed by atoms with van der Waals surface area (Å²) in [5, 5.41) is 0.392. The Kier molecular flexibility index (Phi) is 5.33. The van der Waals surface area contributed by atoms with Crippen LogP contribution in [-0.4, -0.2) is 62.4 Å². The van der Waals surface area contributed by atoms with Gasteiger partial charge < -0.3 is 18.6 Å². The maximum absolute atomic E-state index is 12.0. The Morgan fingerprint density at radius 3 is 1.81 bits per heavy atom. The van der Waals surface area contributed by atoms with Gasteiger partial charge in [-0.15, -0.1) is 0 Å². The Hall–Kier alpha value is -1.54. The van der Waals surface area contributed by atoms with Gasteiger partial charge >= 0.3 is 26.2 Å². The number of rotatable bonds is 2. The van der Waals surface area contributed by atoms with Crippen molar-refractivity contribution >= 4 is 48.7 Å². The zero-order chi connectivity index (χ0) is 20.0. The SMILES string of the molecule is CN1CC(=O)OB(c2cc(Cl)cc(B3OC(C)(C)C(C)(C)O3)c2)OC(=O)C1. The van der Waals surface area contributed by atoms with Gasteiger partial charge in [0.25, 0.3) is 0 Å². The Labute approximate surface area is 164 Å². The summed E-state index contributed by atoms with van der Waals surface area (Å²) in [7, 11) is -0.171. The highest BCUT2D eigenvalue weighted by atomic mass is 35.5. The van der Waals surface area contributed by atoms with Crippen LogP contribution in [0, 0.1) is 0 Å². The molecule has 0 radical (unpaired) electrons. The van der Waals surface area contributed by atoms with Gasteiger partial charge in [-0.3, -0.25) is 14.5 Å². The Morgan fingerprint density at radius 1 is 0.889 bits per heavy atom. The van der Waals surface area contributed by atoms with E-state index in [0.717, 1.165) is 0 Å².